The average Bonchev–Trinajstić information content (AvgIpc) is 3.10. The fraction of sp³-hybridized carbons (Fsp3) is 0.217. The zero-order valence-corrected chi connectivity index (χ0v) is 15.5. The lowest BCUT2D eigenvalue weighted by molar-refractivity contribution is 0.0739. The maximum Gasteiger partial charge on any atom is 0.345 e. The summed E-state index contributed by atoms with van der Waals surface area (Å²) in [5.74, 6) is 0.102. The van der Waals surface area contributed by atoms with Gasteiger partial charge in [-0.1, -0.05) is 30.3 Å². The Bertz CT molecular complexity index is 1110. The summed E-state index contributed by atoms with van der Waals surface area (Å²) in [6.45, 7) is 0.454. The summed E-state index contributed by atoms with van der Waals surface area (Å²) in [7, 11) is 0. The Morgan fingerprint density at radius 2 is 1.89 bits per heavy atom. The van der Waals surface area contributed by atoms with Crippen LogP contribution in [0.3, 0.4) is 0 Å². The van der Waals surface area contributed by atoms with Crippen LogP contribution in [-0.2, 0) is 6.54 Å². The Labute approximate surface area is 162 Å². The Morgan fingerprint density at radius 1 is 1.00 bits per heavy atom. The number of aryl methyl sites for hydroxylation is 1. The summed E-state index contributed by atoms with van der Waals surface area (Å²) in [6.07, 6.45) is 7.52. The van der Waals surface area contributed by atoms with Crippen LogP contribution in [0.15, 0.2) is 67.1 Å². The number of carbonyl (C=O) groups excluding carboxylic acids is 1. The van der Waals surface area contributed by atoms with Crippen LogP contribution >= 0.6 is 0 Å². The molecule has 0 aliphatic rings. The van der Waals surface area contributed by atoms with E-state index in [0.717, 1.165) is 41.1 Å². The molecule has 0 aliphatic heterocycles. The van der Waals surface area contributed by atoms with E-state index in [2.05, 4.69) is 9.55 Å². The number of benzene rings is 2. The van der Waals surface area contributed by atoms with Gasteiger partial charge in [-0.15, -0.1) is 0 Å². The third-order valence-electron chi connectivity index (χ3n) is 4.89. The van der Waals surface area contributed by atoms with Crippen molar-refractivity contribution in [2.75, 3.05) is 6.67 Å². The summed E-state index contributed by atoms with van der Waals surface area (Å²) in [5, 5.41) is 2.63. The van der Waals surface area contributed by atoms with Crippen molar-refractivity contribution in [3.63, 3.8) is 0 Å². The number of hydrogen-bond acceptors (Lipinski definition) is 3. The summed E-state index contributed by atoms with van der Waals surface area (Å²) in [5.41, 5.74) is 1.51. The lowest BCUT2D eigenvalue weighted by atomic mass is 10.1. The molecule has 0 spiro atoms. The predicted molar refractivity (Wildman–Crippen MR) is 108 cm³/mol. The maximum atomic E-state index is 13.0. The molecule has 0 saturated carbocycles. The lowest BCUT2D eigenvalue weighted by Crippen LogP contribution is -2.08. The zero-order valence-electron chi connectivity index (χ0n) is 15.5. The van der Waals surface area contributed by atoms with E-state index in [4.69, 9.17) is 4.74 Å². The highest BCUT2D eigenvalue weighted by molar-refractivity contribution is 6.06. The average molecular weight is 376 g/mol. The van der Waals surface area contributed by atoms with Crippen LogP contribution in [0.1, 0.15) is 29.6 Å². The van der Waals surface area contributed by atoms with Crippen molar-refractivity contribution in [1.29, 1.82) is 0 Å². The molecule has 2 heterocycles. The first-order chi connectivity index (χ1) is 13.8. The first-order valence-corrected chi connectivity index (χ1v) is 9.46. The number of aromatic nitrogens is 2. The molecule has 0 atom stereocenters. The van der Waals surface area contributed by atoms with E-state index in [1.54, 1.807) is 18.5 Å². The molecule has 0 saturated heterocycles. The smallest absolute Gasteiger partial charge is 0.345 e. The number of rotatable bonds is 7. The van der Waals surface area contributed by atoms with Gasteiger partial charge in [-0.05, 0) is 42.8 Å². The molecule has 4 nitrogen and oxygen atoms in total. The first kappa shape index (κ1) is 18.2. The molecule has 5 heteroatoms. The van der Waals surface area contributed by atoms with E-state index < -0.39 is 5.97 Å². The number of halogens is 1. The SMILES string of the molecule is O=C(Oc1cccc2ccncc12)c1cn(CCCCCF)c2ccccc12. The van der Waals surface area contributed by atoms with Crippen LogP contribution in [0.4, 0.5) is 4.39 Å². The largest absolute Gasteiger partial charge is 0.422 e. The number of carbonyl (C=O) groups is 1. The van der Waals surface area contributed by atoms with Gasteiger partial charge < -0.3 is 9.30 Å². The number of pyridine rings is 1. The highest BCUT2D eigenvalue weighted by Gasteiger charge is 2.17. The number of alkyl halides is 1. The third kappa shape index (κ3) is 3.60. The summed E-state index contributed by atoms with van der Waals surface area (Å²) < 4.78 is 20.1. The van der Waals surface area contributed by atoms with Gasteiger partial charge in [-0.25, -0.2) is 4.79 Å². The van der Waals surface area contributed by atoms with Crippen molar-refractivity contribution >= 4 is 27.6 Å². The van der Waals surface area contributed by atoms with Gasteiger partial charge in [0.2, 0.25) is 0 Å². The van der Waals surface area contributed by atoms with Crippen molar-refractivity contribution in [2.24, 2.45) is 0 Å². The minimum absolute atomic E-state index is 0.288. The Kier molecular flexibility index (Phi) is 5.33. The first-order valence-electron chi connectivity index (χ1n) is 9.46. The number of esters is 1. The number of fused-ring (bicyclic) bond motifs is 2. The topological polar surface area (TPSA) is 44.1 Å². The van der Waals surface area contributed by atoms with Gasteiger partial charge in [0.15, 0.2) is 0 Å². The molecule has 4 aromatic rings. The second kappa shape index (κ2) is 8.21. The van der Waals surface area contributed by atoms with Crippen LogP contribution in [-0.4, -0.2) is 22.2 Å². The van der Waals surface area contributed by atoms with Crippen molar-refractivity contribution in [2.45, 2.75) is 25.8 Å². The Morgan fingerprint density at radius 3 is 2.79 bits per heavy atom. The third-order valence-corrected chi connectivity index (χ3v) is 4.89. The van der Waals surface area contributed by atoms with E-state index in [9.17, 15) is 9.18 Å². The van der Waals surface area contributed by atoms with E-state index in [-0.39, 0.29) is 6.67 Å². The van der Waals surface area contributed by atoms with Crippen LogP contribution < -0.4 is 4.74 Å². The minimum Gasteiger partial charge on any atom is -0.422 e. The van der Waals surface area contributed by atoms with Gasteiger partial charge in [0.1, 0.15) is 5.75 Å². The van der Waals surface area contributed by atoms with E-state index in [1.807, 2.05) is 48.7 Å². The quantitative estimate of drug-likeness (QED) is 0.241. The van der Waals surface area contributed by atoms with Crippen molar-refractivity contribution in [1.82, 2.24) is 9.55 Å². The van der Waals surface area contributed by atoms with Gasteiger partial charge in [-0.2, -0.15) is 0 Å². The molecule has 2 aromatic carbocycles. The predicted octanol–water partition coefficient (Wildman–Crippen LogP) is 5.55. The highest BCUT2D eigenvalue weighted by Crippen LogP contribution is 2.27. The van der Waals surface area contributed by atoms with Gasteiger partial charge in [0, 0.05) is 41.4 Å². The molecule has 0 radical (unpaired) electrons. The summed E-state index contributed by atoms with van der Waals surface area (Å²) in [4.78, 5) is 17.1. The normalized spacial score (nSPS) is 11.2. The van der Waals surface area contributed by atoms with Gasteiger partial charge in [-0.3, -0.25) is 9.37 Å². The van der Waals surface area contributed by atoms with Crippen molar-refractivity contribution < 1.29 is 13.9 Å². The number of nitrogens with zero attached hydrogens (tertiary/aromatic N) is 2. The summed E-state index contributed by atoms with van der Waals surface area (Å²) in [6, 6.07) is 15.3. The van der Waals surface area contributed by atoms with Gasteiger partial charge in [0.05, 0.1) is 12.2 Å². The minimum atomic E-state index is -0.393. The van der Waals surface area contributed by atoms with Gasteiger partial charge >= 0.3 is 5.97 Å². The number of unbranched alkanes of at least 4 members (excludes halogenated alkanes) is 2. The molecule has 2 aromatic heterocycles. The number of ether oxygens (including phenoxy) is 1. The number of para-hydroxylation sites is 1. The molecule has 0 aliphatic carbocycles. The molecule has 0 bridgehead atoms. The van der Waals surface area contributed by atoms with E-state index >= 15 is 0 Å². The zero-order chi connectivity index (χ0) is 19.3. The molecule has 0 amide bonds. The Balaban J connectivity index is 1.63. The standard InChI is InChI=1S/C23H21FN2O2/c24-12-4-1-5-14-26-16-20(18-8-2-3-9-21(18)26)23(27)28-22-10-6-7-17-11-13-25-15-19(17)22/h2-3,6-11,13,15-16H,1,4-5,12,14H2. The fourth-order valence-electron chi connectivity index (χ4n) is 3.48. The van der Waals surface area contributed by atoms with Crippen LogP contribution in [0.5, 0.6) is 5.75 Å². The number of hydrogen-bond donors (Lipinski definition) is 0. The molecule has 28 heavy (non-hydrogen) atoms. The molecule has 0 fully saturated rings. The van der Waals surface area contributed by atoms with Crippen LogP contribution in [0, 0.1) is 0 Å². The Hall–Kier alpha value is -3.21. The second-order valence-electron chi connectivity index (χ2n) is 6.75. The van der Waals surface area contributed by atoms with Crippen molar-refractivity contribution in [3.05, 3.63) is 72.7 Å². The molecule has 142 valence electrons. The van der Waals surface area contributed by atoms with Crippen molar-refractivity contribution in [3.8, 4) is 5.75 Å². The maximum absolute atomic E-state index is 13.0. The van der Waals surface area contributed by atoms with Crippen LogP contribution in [0.2, 0.25) is 0 Å². The van der Waals surface area contributed by atoms with Crippen LogP contribution in [0.25, 0.3) is 21.7 Å². The fourth-order valence-corrected chi connectivity index (χ4v) is 3.48. The molecular weight excluding hydrogens is 355 g/mol. The molecular formula is C23H21FN2O2. The highest BCUT2D eigenvalue weighted by atomic mass is 19.1. The molecule has 0 N–H and O–H groups in total. The summed E-state index contributed by atoms with van der Waals surface area (Å²) >= 11 is 0. The van der Waals surface area contributed by atoms with Gasteiger partial charge in [0.25, 0.3) is 0 Å². The second-order valence-corrected chi connectivity index (χ2v) is 6.75. The lowest BCUT2D eigenvalue weighted by Gasteiger charge is -2.07. The van der Waals surface area contributed by atoms with E-state index in [1.165, 1.54) is 0 Å². The monoisotopic (exact) mass is 376 g/mol. The van der Waals surface area contributed by atoms with E-state index in [0.29, 0.717) is 17.7 Å². The molecule has 4 rings (SSSR count). The molecule has 0 unspecified atom stereocenters.